The molecule has 9 heteroatoms. The highest BCUT2D eigenvalue weighted by Gasteiger charge is 2.28. The maximum Gasteiger partial charge on any atom is 0.416 e. The Balaban J connectivity index is 2.01. The topological polar surface area (TPSA) is 104 Å². The molecule has 0 spiro atoms. The summed E-state index contributed by atoms with van der Waals surface area (Å²) in [5.74, 6) is -1.12. The van der Waals surface area contributed by atoms with Crippen LogP contribution in [0.3, 0.4) is 0 Å². The molecule has 1 aromatic rings. The van der Waals surface area contributed by atoms with Crippen molar-refractivity contribution in [3.8, 4) is 0 Å². The molecule has 0 radical (unpaired) electrons. The van der Waals surface area contributed by atoms with Gasteiger partial charge in [-0.25, -0.2) is 19.2 Å². The average Bonchev–Trinajstić information content (AvgIpc) is 2.97. The van der Waals surface area contributed by atoms with E-state index in [1.54, 1.807) is 0 Å². The van der Waals surface area contributed by atoms with Gasteiger partial charge in [0.1, 0.15) is 13.2 Å². The third-order valence-corrected chi connectivity index (χ3v) is 2.29. The number of cyclic esters (lactones) is 1. The summed E-state index contributed by atoms with van der Waals surface area (Å²) in [5, 5.41) is 7.13. The van der Waals surface area contributed by atoms with Crippen molar-refractivity contribution < 1.29 is 23.9 Å². The van der Waals surface area contributed by atoms with E-state index < -0.39 is 18.0 Å². The van der Waals surface area contributed by atoms with Gasteiger partial charge in [-0.05, 0) is 0 Å². The Bertz CT molecular complexity index is 497. The first kappa shape index (κ1) is 12.0. The number of carbonyl (C=O) groups excluding carboxylic acids is 3. The fraction of sp³-hybridized carbons (Fsp3) is 0.444. The summed E-state index contributed by atoms with van der Waals surface area (Å²) in [5.41, 5.74) is -0.00528. The standard InChI is InChI=1S/C9H10N4O5/c1-17-8(15)6-4-12(11-10-6)5-7(14)13-2-3-18-9(13)16/h4H,2-3,5H2,1H3. The van der Waals surface area contributed by atoms with Crippen molar-refractivity contribution in [2.75, 3.05) is 20.3 Å². The predicted octanol–water partition coefficient (Wildman–Crippen LogP) is -0.957. The van der Waals surface area contributed by atoms with Gasteiger partial charge in [-0.3, -0.25) is 4.79 Å². The number of methoxy groups -OCH3 is 1. The van der Waals surface area contributed by atoms with E-state index in [4.69, 9.17) is 0 Å². The van der Waals surface area contributed by atoms with Crippen LogP contribution in [0.15, 0.2) is 6.20 Å². The number of nitrogens with zero attached hydrogens (tertiary/aromatic N) is 4. The Morgan fingerprint density at radius 2 is 2.33 bits per heavy atom. The van der Waals surface area contributed by atoms with Crippen molar-refractivity contribution in [2.24, 2.45) is 0 Å². The molecule has 0 atom stereocenters. The SMILES string of the molecule is COC(=O)c1cn(CC(=O)N2CCOC2=O)nn1. The third kappa shape index (κ3) is 2.29. The van der Waals surface area contributed by atoms with E-state index in [0.29, 0.717) is 0 Å². The van der Waals surface area contributed by atoms with Gasteiger partial charge >= 0.3 is 12.1 Å². The second kappa shape index (κ2) is 4.82. The molecular weight excluding hydrogens is 244 g/mol. The lowest BCUT2D eigenvalue weighted by Crippen LogP contribution is -2.34. The molecule has 2 heterocycles. The number of esters is 1. The van der Waals surface area contributed by atoms with Gasteiger partial charge < -0.3 is 9.47 Å². The van der Waals surface area contributed by atoms with Gasteiger partial charge in [-0.1, -0.05) is 5.21 Å². The average molecular weight is 254 g/mol. The van der Waals surface area contributed by atoms with Crippen LogP contribution in [0, 0.1) is 0 Å². The number of ether oxygens (including phenoxy) is 2. The first-order valence-electron chi connectivity index (χ1n) is 5.07. The van der Waals surface area contributed by atoms with Gasteiger partial charge in [0.2, 0.25) is 0 Å². The highest BCUT2D eigenvalue weighted by Crippen LogP contribution is 2.05. The van der Waals surface area contributed by atoms with E-state index in [0.717, 1.165) is 9.58 Å². The molecule has 1 aromatic heterocycles. The van der Waals surface area contributed by atoms with Crippen LogP contribution < -0.4 is 0 Å². The minimum Gasteiger partial charge on any atom is -0.464 e. The minimum absolute atomic E-state index is 0.00528. The molecule has 2 amide bonds. The Morgan fingerprint density at radius 1 is 1.56 bits per heavy atom. The molecule has 1 saturated heterocycles. The normalized spacial score (nSPS) is 14.5. The Labute approximate surface area is 101 Å². The first-order valence-corrected chi connectivity index (χ1v) is 5.07. The van der Waals surface area contributed by atoms with Crippen LogP contribution in [-0.2, 0) is 20.8 Å². The quantitative estimate of drug-likeness (QED) is 0.640. The molecule has 9 nitrogen and oxygen atoms in total. The lowest BCUT2D eigenvalue weighted by molar-refractivity contribution is -0.128. The van der Waals surface area contributed by atoms with Crippen molar-refractivity contribution in [2.45, 2.75) is 6.54 Å². The van der Waals surface area contributed by atoms with Gasteiger partial charge in [0.05, 0.1) is 19.9 Å². The summed E-state index contributed by atoms with van der Waals surface area (Å²) < 4.78 is 10.2. The lowest BCUT2D eigenvalue weighted by Gasteiger charge is -2.09. The number of hydrogen-bond donors (Lipinski definition) is 0. The molecule has 0 N–H and O–H groups in total. The maximum absolute atomic E-state index is 11.7. The Hall–Kier alpha value is -2.45. The van der Waals surface area contributed by atoms with Crippen LogP contribution in [0.2, 0.25) is 0 Å². The molecule has 0 saturated carbocycles. The first-order chi connectivity index (χ1) is 8.61. The molecule has 1 aliphatic rings. The van der Waals surface area contributed by atoms with Crippen molar-refractivity contribution in [3.63, 3.8) is 0 Å². The van der Waals surface area contributed by atoms with Gasteiger partial charge in [0, 0.05) is 0 Å². The number of amides is 2. The number of aromatic nitrogens is 3. The minimum atomic E-state index is -0.673. The van der Waals surface area contributed by atoms with E-state index >= 15 is 0 Å². The molecular formula is C9H10N4O5. The summed E-state index contributed by atoms with van der Waals surface area (Å²) >= 11 is 0. The summed E-state index contributed by atoms with van der Waals surface area (Å²) in [4.78, 5) is 34.9. The predicted molar refractivity (Wildman–Crippen MR) is 54.4 cm³/mol. The summed E-state index contributed by atoms with van der Waals surface area (Å²) in [6, 6.07) is 0. The second-order valence-electron chi connectivity index (χ2n) is 3.45. The van der Waals surface area contributed by atoms with Crippen molar-refractivity contribution in [1.82, 2.24) is 19.9 Å². The fourth-order valence-electron chi connectivity index (χ4n) is 1.42. The van der Waals surface area contributed by atoms with Crippen molar-refractivity contribution in [3.05, 3.63) is 11.9 Å². The zero-order chi connectivity index (χ0) is 13.1. The lowest BCUT2D eigenvalue weighted by atomic mass is 10.4. The van der Waals surface area contributed by atoms with Crippen LogP contribution in [0.1, 0.15) is 10.5 Å². The summed E-state index contributed by atoms with van der Waals surface area (Å²) in [6.07, 6.45) is 0.596. The molecule has 2 rings (SSSR count). The van der Waals surface area contributed by atoms with E-state index in [2.05, 4.69) is 19.8 Å². The number of rotatable bonds is 3. The number of carbonyl (C=O) groups is 3. The largest absolute Gasteiger partial charge is 0.464 e. The zero-order valence-electron chi connectivity index (χ0n) is 9.53. The molecule has 0 aromatic carbocycles. The van der Waals surface area contributed by atoms with E-state index in [9.17, 15) is 14.4 Å². The van der Waals surface area contributed by atoms with Crippen molar-refractivity contribution in [1.29, 1.82) is 0 Å². The highest BCUT2D eigenvalue weighted by molar-refractivity contribution is 5.92. The molecule has 0 bridgehead atoms. The van der Waals surface area contributed by atoms with Gasteiger partial charge in [-0.2, -0.15) is 0 Å². The molecule has 0 aliphatic carbocycles. The van der Waals surface area contributed by atoms with Crippen LogP contribution in [0.4, 0.5) is 4.79 Å². The molecule has 1 aliphatic heterocycles. The number of imide groups is 1. The highest BCUT2D eigenvalue weighted by atomic mass is 16.6. The van der Waals surface area contributed by atoms with Gasteiger partial charge in [0.25, 0.3) is 5.91 Å². The second-order valence-corrected chi connectivity index (χ2v) is 3.45. The van der Waals surface area contributed by atoms with Gasteiger partial charge in [-0.15, -0.1) is 5.10 Å². The smallest absolute Gasteiger partial charge is 0.416 e. The van der Waals surface area contributed by atoms with Gasteiger partial charge in [0.15, 0.2) is 5.69 Å². The van der Waals surface area contributed by atoms with E-state index in [-0.39, 0.29) is 25.4 Å². The van der Waals surface area contributed by atoms with Crippen LogP contribution >= 0.6 is 0 Å². The zero-order valence-corrected chi connectivity index (χ0v) is 9.53. The summed E-state index contributed by atoms with van der Waals surface area (Å²) in [6.45, 7) is 0.213. The van der Waals surface area contributed by atoms with E-state index in [1.807, 2.05) is 0 Å². The third-order valence-electron chi connectivity index (χ3n) is 2.29. The molecule has 0 unspecified atom stereocenters. The maximum atomic E-state index is 11.7. The Morgan fingerprint density at radius 3 is 2.94 bits per heavy atom. The number of hydrogen-bond acceptors (Lipinski definition) is 7. The van der Waals surface area contributed by atoms with Crippen molar-refractivity contribution >= 4 is 18.0 Å². The van der Waals surface area contributed by atoms with Crippen LogP contribution in [0.25, 0.3) is 0 Å². The van der Waals surface area contributed by atoms with E-state index in [1.165, 1.54) is 13.3 Å². The molecule has 1 fully saturated rings. The molecule has 18 heavy (non-hydrogen) atoms. The Kier molecular flexibility index (Phi) is 3.22. The monoisotopic (exact) mass is 254 g/mol. The van der Waals surface area contributed by atoms with Crippen LogP contribution in [0.5, 0.6) is 0 Å². The fourth-order valence-corrected chi connectivity index (χ4v) is 1.42. The van der Waals surface area contributed by atoms with Crippen LogP contribution in [-0.4, -0.2) is 58.1 Å². The molecule has 96 valence electrons. The summed E-state index contributed by atoms with van der Waals surface area (Å²) in [7, 11) is 1.22.